The van der Waals surface area contributed by atoms with Crippen molar-refractivity contribution in [2.75, 3.05) is 6.54 Å². The molecule has 0 aliphatic rings. The Morgan fingerprint density at radius 2 is 1.58 bits per heavy atom. The van der Waals surface area contributed by atoms with E-state index in [-0.39, 0.29) is 18.7 Å². The van der Waals surface area contributed by atoms with Crippen LogP contribution in [0.4, 0.5) is 4.79 Å². The molecule has 0 aliphatic heterocycles. The lowest BCUT2D eigenvalue weighted by atomic mass is 10.1. The molecule has 0 saturated heterocycles. The molecule has 11 heteroatoms. The summed E-state index contributed by atoms with van der Waals surface area (Å²) >= 11 is 0. The van der Waals surface area contributed by atoms with Crippen LogP contribution in [0.15, 0.2) is 24.3 Å². The minimum absolute atomic E-state index is 0.0456. The predicted octanol–water partition coefficient (Wildman–Crippen LogP) is 1.39. The number of benzene rings is 1. The second-order valence-corrected chi connectivity index (χ2v) is 6.82. The quantitative estimate of drug-likeness (QED) is 0.284. The molecule has 0 fully saturated rings. The average Bonchev–Trinajstić information content (AvgIpc) is 2.69. The van der Waals surface area contributed by atoms with E-state index in [0.717, 1.165) is 5.56 Å². The summed E-state index contributed by atoms with van der Waals surface area (Å²) in [6.45, 7) is 2.20. The molecule has 0 saturated carbocycles. The van der Waals surface area contributed by atoms with Crippen molar-refractivity contribution in [2.45, 2.75) is 51.2 Å². The van der Waals surface area contributed by atoms with Crippen LogP contribution in [-0.2, 0) is 19.1 Å². The van der Waals surface area contributed by atoms with Crippen LogP contribution in [-0.4, -0.2) is 63.9 Å². The van der Waals surface area contributed by atoms with Gasteiger partial charge in [0.15, 0.2) is 0 Å². The van der Waals surface area contributed by atoms with Crippen molar-refractivity contribution >= 4 is 29.9 Å². The highest BCUT2D eigenvalue weighted by molar-refractivity contribution is 5.94. The van der Waals surface area contributed by atoms with Crippen molar-refractivity contribution in [3.8, 4) is 0 Å². The van der Waals surface area contributed by atoms with E-state index in [9.17, 15) is 29.1 Å². The maximum Gasteiger partial charge on any atom is 0.408 e. The summed E-state index contributed by atoms with van der Waals surface area (Å²) in [6, 6.07) is 5.49. The lowest BCUT2D eigenvalue weighted by molar-refractivity contribution is -0.147. The van der Waals surface area contributed by atoms with E-state index in [0.29, 0.717) is 24.9 Å². The van der Waals surface area contributed by atoms with Crippen LogP contribution < -0.4 is 10.6 Å². The number of rotatable bonds is 13. The van der Waals surface area contributed by atoms with Gasteiger partial charge in [-0.15, -0.1) is 0 Å². The van der Waals surface area contributed by atoms with Gasteiger partial charge in [0.1, 0.15) is 6.04 Å². The molecule has 2 atom stereocenters. The molecular weight excluding hydrogens is 412 g/mol. The molecule has 0 radical (unpaired) electrons. The molecule has 5 N–H and O–H groups in total. The topological polar surface area (TPSA) is 179 Å². The van der Waals surface area contributed by atoms with Crippen LogP contribution in [0, 0.1) is 6.92 Å². The van der Waals surface area contributed by atoms with Crippen molar-refractivity contribution in [3.63, 3.8) is 0 Å². The van der Waals surface area contributed by atoms with Crippen molar-refractivity contribution in [1.29, 1.82) is 0 Å². The Hall–Kier alpha value is -3.63. The van der Waals surface area contributed by atoms with Crippen LogP contribution in [0.3, 0.4) is 0 Å². The van der Waals surface area contributed by atoms with E-state index in [1.165, 1.54) is 0 Å². The summed E-state index contributed by atoms with van der Waals surface area (Å²) in [7, 11) is 0. The first kappa shape index (κ1) is 25.4. The number of amides is 2. The fraction of sp³-hybridized carbons (Fsp3) is 0.450. The number of carbonyl (C=O) groups is 5. The normalized spacial score (nSPS) is 12.3. The second-order valence-electron chi connectivity index (χ2n) is 6.82. The van der Waals surface area contributed by atoms with Gasteiger partial charge < -0.3 is 30.7 Å². The summed E-state index contributed by atoms with van der Waals surface area (Å²) in [6.07, 6.45) is -2.94. The zero-order chi connectivity index (χ0) is 23.4. The van der Waals surface area contributed by atoms with Crippen LogP contribution in [0.25, 0.3) is 0 Å². The van der Waals surface area contributed by atoms with Gasteiger partial charge in [-0.2, -0.15) is 0 Å². The van der Waals surface area contributed by atoms with E-state index in [4.69, 9.17) is 14.9 Å². The van der Waals surface area contributed by atoms with Crippen molar-refractivity contribution in [3.05, 3.63) is 35.4 Å². The third kappa shape index (κ3) is 10.1. The zero-order valence-corrected chi connectivity index (χ0v) is 17.0. The van der Waals surface area contributed by atoms with Crippen LogP contribution >= 0.6 is 0 Å². The Morgan fingerprint density at radius 3 is 2.13 bits per heavy atom. The lowest BCUT2D eigenvalue weighted by Gasteiger charge is -2.17. The minimum Gasteiger partial charge on any atom is -0.481 e. The lowest BCUT2D eigenvalue weighted by Crippen LogP contribution is -2.43. The molecule has 0 aliphatic carbocycles. The summed E-state index contributed by atoms with van der Waals surface area (Å²) in [5, 5.41) is 31.5. The fourth-order valence-electron chi connectivity index (χ4n) is 2.53. The molecule has 11 nitrogen and oxygen atoms in total. The number of hydrogen-bond donors (Lipinski definition) is 5. The van der Waals surface area contributed by atoms with E-state index in [1.807, 2.05) is 24.4 Å². The van der Waals surface area contributed by atoms with Gasteiger partial charge in [-0.3, -0.25) is 9.59 Å². The molecule has 0 spiro atoms. The largest absolute Gasteiger partial charge is 0.481 e. The van der Waals surface area contributed by atoms with Crippen molar-refractivity contribution in [2.24, 2.45) is 0 Å². The number of carboxylic acid groups (broad SMARTS) is 3. The summed E-state index contributed by atoms with van der Waals surface area (Å²) in [4.78, 5) is 56.7. The number of carbonyl (C=O) groups excluding carboxylic acids is 2. The highest BCUT2D eigenvalue weighted by atomic mass is 16.6. The van der Waals surface area contributed by atoms with Gasteiger partial charge in [0, 0.05) is 18.5 Å². The minimum atomic E-state index is -1.52. The monoisotopic (exact) mass is 438 g/mol. The molecule has 0 aromatic heterocycles. The second kappa shape index (κ2) is 12.8. The Morgan fingerprint density at radius 1 is 0.935 bits per heavy atom. The van der Waals surface area contributed by atoms with Gasteiger partial charge >= 0.3 is 24.0 Å². The molecule has 1 aromatic carbocycles. The number of aliphatic carboxylic acids is 3. The Bertz CT molecular complexity index is 792. The number of unbranched alkanes of at least 4 members (excludes halogenated alkanes) is 1. The fourth-order valence-corrected chi connectivity index (χ4v) is 2.53. The number of nitrogens with one attached hydrogen (secondary N) is 2. The Labute approximate surface area is 178 Å². The highest BCUT2D eigenvalue weighted by Crippen LogP contribution is 2.08. The first-order chi connectivity index (χ1) is 14.6. The Kier molecular flexibility index (Phi) is 10.5. The number of hydrogen-bond acceptors (Lipinski definition) is 6. The van der Waals surface area contributed by atoms with E-state index < -0.39 is 42.6 Å². The first-order valence-corrected chi connectivity index (χ1v) is 9.59. The third-order valence-corrected chi connectivity index (χ3v) is 4.25. The molecule has 31 heavy (non-hydrogen) atoms. The van der Waals surface area contributed by atoms with Crippen molar-refractivity contribution < 1.29 is 44.0 Å². The summed E-state index contributed by atoms with van der Waals surface area (Å²) < 4.78 is 4.76. The molecule has 1 aromatic rings. The maximum absolute atomic E-state index is 12.0. The van der Waals surface area contributed by atoms with Crippen LogP contribution in [0.5, 0.6) is 0 Å². The maximum atomic E-state index is 12.0. The molecule has 0 bridgehead atoms. The van der Waals surface area contributed by atoms with Gasteiger partial charge in [0.2, 0.25) is 6.10 Å². The summed E-state index contributed by atoms with van der Waals surface area (Å²) in [5.74, 6) is -4.36. The van der Waals surface area contributed by atoms with Crippen LogP contribution in [0.2, 0.25) is 0 Å². The number of aryl methyl sites for hydroxylation is 1. The third-order valence-electron chi connectivity index (χ3n) is 4.25. The molecular formula is C20H26N2O9. The molecule has 2 amide bonds. The number of alkyl carbamates (subject to hydrolysis) is 1. The zero-order valence-electron chi connectivity index (χ0n) is 17.0. The number of ether oxygens (including phenoxy) is 1. The molecule has 170 valence electrons. The smallest absolute Gasteiger partial charge is 0.408 e. The predicted molar refractivity (Wildman–Crippen MR) is 107 cm³/mol. The van der Waals surface area contributed by atoms with Gasteiger partial charge in [0.05, 0.1) is 0 Å². The molecule has 1 rings (SSSR count). The highest BCUT2D eigenvalue weighted by Gasteiger charge is 2.26. The van der Waals surface area contributed by atoms with Gasteiger partial charge in [-0.25, -0.2) is 14.4 Å². The number of carboxylic acids is 3. The van der Waals surface area contributed by atoms with Crippen LogP contribution in [0.1, 0.15) is 48.0 Å². The molecule has 0 heterocycles. The Balaban J connectivity index is 2.41. The standard InChI is InChI=1S/C20H26N2O9/c1-12-5-7-13(8-6-12)17(25)21-11-3-2-4-15(19(28)29)31-20(30)22-14(18(26)27)9-10-16(23)24/h5-8,14-15H,2-4,9-11H2,1H3,(H,21,25)(H,22,30)(H,23,24)(H,26,27)(H,28,29)/t14-,15-/m0/s1. The summed E-state index contributed by atoms with van der Waals surface area (Å²) in [5.41, 5.74) is 1.53. The van der Waals surface area contributed by atoms with E-state index >= 15 is 0 Å². The van der Waals surface area contributed by atoms with Crippen molar-refractivity contribution in [1.82, 2.24) is 10.6 Å². The van der Waals surface area contributed by atoms with E-state index in [1.54, 1.807) is 12.1 Å². The first-order valence-electron chi connectivity index (χ1n) is 9.59. The SMILES string of the molecule is Cc1ccc(C(=O)NCCCC[C@H](OC(=O)N[C@@H](CCC(=O)O)C(=O)O)C(=O)O)cc1. The average molecular weight is 438 g/mol. The van der Waals surface area contributed by atoms with Gasteiger partial charge in [0.25, 0.3) is 5.91 Å². The molecule has 0 unspecified atom stereocenters. The van der Waals surface area contributed by atoms with Gasteiger partial charge in [-0.05, 0) is 44.7 Å². The van der Waals surface area contributed by atoms with E-state index in [2.05, 4.69) is 5.32 Å². The van der Waals surface area contributed by atoms with Gasteiger partial charge in [-0.1, -0.05) is 17.7 Å².